The number of rotatable bonds is 6. The first-order chi connectivity index (χ1) is 18.4. The molecule has 3 atom stereocenters. The van der Waals surface area contributed by atoms with Crippen LogP contribution in [0.15, 0.2) is 114 Å². The largest absolute Gasteiger partial charge is 0.462 e. The highest BCUT2D eigenvalue weighted by Crippen LogP contribution is 2.63. The molecular formula is C32H29NO4S. The van der Waals surface area contributed by atoms with Crippen LogP contribution in [0.1, 0.15) is 48.2 Å². The average Bonchev–Trinajstić information content (AvgIpc) is 3.41. The molecule has 6 rings (SSSR count). The SMILES string of the molecule is CC(C)OC(=O)[C@]1(c2ccccc2)c2ccccc2N2[C@@H](CS(=O)(=O)c3ccccc3)c3ccccc3[C@@H]21. The number of carbonyl (C=O) groups is 1. The highest BCUT2D eigenvalue weighted by Gasteiger charge is 2.63. The Labute approximate surface area is 223 Å². The van der Waals surface area contributed by atoms with E-state index in [2.05, 4.69) is 4.90 Å². The number of hydrogen-bond donors (Lipinski definition) is 0. The Kier molecular flexibility index (Phi) is 5.88. The summed E-state index contributed by atoms with van der Waals surface area (Å²) in [6.07, 6.45) is -0.310. The lowest BCUT2D eigenvalue weighted by Gasteiger charge is -2.36. The number of para-hydroxylation sites is 1. The summed E-state index contributed by atoms with van der Waals surface area (Å²) in [5, 5.41) is 0. The van der Waals surface area contributed by atoms with Crippen LogP contribution in [-0.4, -0.2) is 26.2 Å². The van der Waals surface area contributed by atoms with Gasteiger partial charge in [0.1, 0.15) is 5.41 Å². The van der Waals surface area contributed by atoms with Crippen molar-refractivity contribution in [3.05, 3.63) is 131 Å². The second-order valence-electron chi connectivity index (χ2n) is 10.2. The maximum atomic E-state index is 14.3. The number of benzene rings is 4. The molecule has 192 valence electrons. The minimum Gasteiger partial charge on any atom is -0.462 e. The van der Waals surface area contributed by atoms with Crippen LogP contribution in [0.2, 0.25) is 0 Å². The third-order valence-corrected chi connectivity index (χ3v) is 9.40. The number of fused-ring (bicyclic) bond motifs is 5. The molecule has 0 aliphatic carbocycles. The van der Waals surface area contributed by atoms with Crippen molar-refractivity contribution in [2.45, 2.75) is 42.3 Å². The Bertz CT molecular complexity index is 1600. The number of sulfone groups is 1. The fraction of sp³-hybridized carbons (Fsp3) is 0.219. The second kappa shape index (κ2) is 9.14. The third kappa shape index (κ3) is 3.58. The van der Waals surface area contributed by atoms with Gasteiger partial charge in [-0.2, -0.15) is 0 Å². The molecule has 0 radical (unpaired) electrons. The van der Waals surface area contributed by atoms with E-state index in [0.29, 0.717) is 4.90 Å². The third-order valence-electron chi connectivity index (χ3n) is 7.65. The summed E-state index contributed by atoms with van der Waals surface area (Å²) in [7, 11) is -3.63. The van der Waals surface area contributed by atoms with Crippen LogP contribution in [0.25, 0.3) is 0 Å². The summed E-state index contributed by atoms with van der Waals surface area (Å²) < 4.78 is 33.4. The van der Waals surface area contributed by atoms with Crippen molar-refractivity contribution in [2.24, 2.45) is 0 Å². The molecule has 2 heterocycles. The van der Waals surface area contributed by atoms with Crippen LogP contribution < -0.4 is 4.90 Å². The van der Waals surface area contributed by atoms with Crippen LogP contribution in [0.3, 0.4) is 0 Å². The number of ether oxygens (including phenoxy) is 1. The topological polar surface area (TPSA) is 63.7 Å². The standard InChI is InChI=1S/C32H29NO4S/c1-22(2)37-31(34)32(23-13-5-3-6-14-23)27-19-11-12-20-28(27)33-29(25-17-9-10-18-26(25)30(32)33)21-38(35,36)24-15-7-4-8-16-24/h3-20,22,29-30H,21H2,1-2H3/t29-,30+,32+/m0/s1. The Morgan fingerprint density at radius 1 is 0.816 bits per heavy atom. The van der Waals surface area contributed by atoms with E-state index in [1.165, 1.54) is 0 Å². The van der Waals surface area contributed by atoms with E-state index in [0.717, 1.165) is 27.9 Å². The molecule has 0 bridgehead atoms. The predicted molar refractivity (Wildman–Crippen MR) is 148 cm³/mol. The molecule has 0 N–H and O–H groups in total. The van der Waals surface area contributed by atoms with E-state index in [4.69, 9.17) is 4.74 Å². The first kappa shape index (κ1) is 24.4. The van der Waals surface area contributed by atoms with Gasteiger partial charge in [-0.15, -0.1) is 0 Å². The lowest BCUT2D eigenvalue weighted by Crippen LogP contribution is -2.45. The van der Waals surface area contributed by atoms with Gasteiger partial charge in [0.25, 0.3) is 0 Å². The monoisotopic (exact) mass is 523 g/mol. The molecule has 0 saturated carbocycles. The van der Waals surface area contributed by atoms with Gasteiger partial charge in [0.15, 0.2) is 9.84 Å². The zero-order valence-electron chi connectivity index (χ0n) is 21.3. The Morgan fingerprint density at radius 2 is 1.39 bits per heavy atom. The Hall–Kier alpha value is -3.90. The summed E-state index contributed by atoms with van der Waals surface area (Å²) in [6.45, 7) is 3.71. The number of nitrogens with zero attached hydrogens (tertiary/aromatic N) is 1. The van der Waals surface area contributed by atoms with Crippen LogP contribution in [0.4, 0.5) is 5.69 Å². The lowest BCUT2D eigenvalue weighted by atomic mass is 9.69. The first-order valence-electron chi connectivity index (χ1n) is 12.9. The number of anilines is 1. The van der Waals surface area contributed by atoms with Crippen molar-refractivity contribution in [2.75, 3.05) is 10.7 Å². The van der Waals surface area contributed by atoms with Crippen LogP contribution in [0.5, 0.6) is 0 Å². The highest BCUT2D eigenvalue weighted by atomic mass is 32.2. The number of hydrogen-bond acceptors (Lipinski definition) is 5. The molecule has 2 aliphatic heterocycles. The average molecular weight is 524 g/mol. The van der Waals surface area contributed by atoms with Gasteiger partial charge in [-0.3, -0.25) is 4.79 Å². The first-order valence-corrected chi connectivity index (χ1v) is 14.5. The van der Waals surface area contributed by atoms with Gasteiger partial charge in [0.05, 0.1) is 28.8 Å². The maximum absolute atomic E-state index is 14.3. The molecule has 0 saturated heterocycles. The molecule has 6 heteroatoms. The number of carbonyl (C=O) groups excluding carboxylic acids is 1. The zero-order chi connectivity index (χ0) is 26.5. The van der Waals surface area contributed by atoms with Crippen LogP contribution in [-0.2, 0) is 24.8 Å². The van der Waals surface area contributed by atoms with E-state index in [9.17, 15) is 13.2 Å². The minimum atomic E-state index is -3.63. The van der Waals surface area contributed by atoms with Crippen molar-refractivity contribution in [3.63, 3.8) is 0 Å². The molecule has 0 spiro atoms. The van der Waals surface area contributed by atoms with Gasteiger partial charge in [0.2, 0.25) is 0 Å². The molecule has 2 aliphatic rings. The second-order valence-corrected chi connectivity index (χ2v) is 12.2. The minimum absolute atomic E-state index is 0.108. The van der Waals surface area contributed by atoms with E-state index >= 15 is 0 Å². The van der Waals surface area contributed by atoms with Crippen molar-refractivity contribution >= 4 is 21.5 Å². The van der Waals surface area contributed by atoms with Gasteiger partial charge in [-0.05, 0) is 54.3 Å². The summed E-state index contributed by atoms with van der Waals surface area (Å²) in [4.78, 5) is 16.8. The molecule has 0 amide bonds. The lowest BCUT2D eigenvalue weighted by molar-refractivity contribution is -0.153. The highest BCUT2D eigenvalue weighted by molar-refractivity contribution is 7.91. The molecular weight excluding hydrogens is 494 g/mol. The quantitative estimate of drug-likeness (QED) is 0.290. The van der Waals surface area contributed by atoms with Crippen molar-refractivity contribution in [1.29, 1.82) is 0 Å². The molecule has 5 nitrogen and oxygen atoms in total. The fourth-order valence-corrected chi connectivity index (χ4v) is 7.75. The van der Waals surface area contributed by atoms with Crippen LogP contribution in [0, 0.1) is 0 Å². The van der Waals surface area contributed by atoms with Crippen molar-refractivity contribution in [1.82, 2.24) is 0 Å². The van der Waals surface area contributed by atoms with Gasteiger partial charge in [-0.25, -0.2) is 8.42 Å². The Morgan fingerprint density at radius 3 is 2.08 bits per heavy atom. The fourth-order valence-electron chi connectivity index (χ4n) is 6.23. The molecule has 0 fully saturated rings. The molecule has 0 aromatic heterocycles. The summed E-state index contributed by atoms with van der Waals surface area (Å²) in [5.74, 6) is -0.441. The zero-order valence-corrected chi connectivity index (χ0v) is 22.1. The normalized spacial score (nSPS) is 21.6. The molecule has 4 aromatic carbocycles. The summed E-state index contributed by atoms with van der Waals surface area (Å²) >= 11 is 0. The Balaban J connectivity index is 1.61. The smallest absolute Gasteiger partial charge is 0.323 e. The maximum Gasteiger partial charge on any atom is 0.323 e. The van der Waals surface area contributed by atoms with Gasteiger partial charge >= 0.3 is 5.97 Å². The molecule has 4 aromatic rings. The van der Waals surface area contributed by atoms with E-state index in [1.54, 1.807) is 24.3 Å². The van der Waals surface area contributed by atoms with E-state index in [1.807, 2.05) is 98.8 Å². The predicted octanol–water partition coefficient (Wildman–Crippen LogP) is 6.01. The van der Waals surface area contributed by atoms with Gasteiger partial charge in [0, 0.05) is 5.69 Å². The molecule has 38 heavy (non-hydrogen) atoms. The van der Waals surface area contributed by atoms with Crippen molar-refractivity contribution < 1.29 is 17.9 Å². The van der Waals surface area contributed by atoms with E-state index in [-0.39, 0.29) is 17.8 Å². The number of esters is 1. The summed E-state index contributed by atoms with van der Waals surface area (Å²) in [5.41, 5.74) is 3.21. The molecule has 0 unspecified atom stereocenters. The summed E-state index contributed by atoms with van der Waals surface area (Å²) in [6, 6.07) is 33.1. The van der Waals surface area contributed by atoms with Crippen LogP contribution >= 0.6 is 0 Å². The van der Waals surface area contributed by atoms with Crippen molar-refractivity contribution in [3.8, 4) is 0 Å². The van der Waals surface area contributed by atoms with Gasteiger partial charge < -0.3 is 9.64 Å². The van der Waals surface area contributed by atoms with E-state index < -0.39 is 27.3 Å². The van der Waals surface area contributed by atoms with Gasteiger partial charge in [-0.1, -0.05) is 91.0 Å².